The molecule has 16 heavy (non-hydrogen) atoms. The molecule has 1 aliphatic heterocycles. The van der Waals surface area contributed by atoms with Gasteiger partial charge in [-0.15, -0.1) is 0 Å². The molecule has 4 nitrogen and oxygen atoms in total. The summed E-state index contributed by atoms with van der Waals surface area (Å²) in [4.78, 5) is 15.8. The van der Waals surface area contributed by atoms with Crippen LogP contribution < -0.4 is 0 Å². The molecule has 90 valence electrons. The number of carbonyl (C=O) groups excluding carboxylic acids is 1. The Morgan fingerprint density at radius 1 is 1.62 bits per heavy atom. The maximum absolute atomic E-state index is 12.1. The summed E-state index contributed by atoms with van der Waals surface area (Å²) in [6.45, 7) is 7.11. The molecular formula is C12H21N3O. The van der Waals surface area contributed by atoms with Crippen molar-refractivity contribution in [3.8, 4) is 6.07 Å². The first-order valence-corrected chi connectivity index (χ1v) is 6.09. The lowest BCUT2D eigenvalue weighted by molar-refractivity contribution is 0.134. The smallest absolute Gasteiger partial charge is 0.320 e. The van der Waals surface area contributed by atoms with E-state index in [0.717, 1.165) is 19.5 Å². The Bertz CT molecular complexity index is 272. The summed E-state index contributed by atoms with van der Waals surface area (Å²) in [5.41, 5.74) is 0. The van der Waals surface area contributed by atoms with Gasteiger partial charge in [0.15, 0.2) is 0 Å². The van der Waals surface area contributed by atoms with Crippen molar-refractivity contribution >= 4 is 6.03 Å². The number of rotatable bonds is 3. The zero-order valence-corrected chi connectivity index (χ0v) is 10.3. The quantitative estimate of drug-likeness (QED) is 0.735. The Morgan fingerprint density at radius 3 is 2.94 bits per heavy atom. The third-order valence-electron chi connectivity index (χ3n) is 3.07. The molecule has 1 aliphatic rings. The van der Waals surface area contributed by atoms with Crippen LogP contribution >= 0.6 is 0 Å². The van der Waals surface area contributed by atoms with Gasteiger partial charge < -0.3 is 9.80 Å². The number of amides is 2. The lowest BCUT2D eigenvalue weighted by Gasteiger charge is -2.34. The van der Waals surface area contributed by atoms with Crippen LogP contribution in [-0.2, 0) is 0 Å². The Labute approximate surface area is 97.8 Å². The number of urea groups is 1. The van der Waals surface area contributed by atoms with Gasteiger partial charge in [-0.1, -0.05) is 6.92 Å². The van der Waals surface area contributed by atoms with Crippen LogP contribution in [0.2, 0.25) is 0 Å². The molecule has 0 radical (unpaired) electrons. The van der Waals surface area contributed by atoms with E-state index in [4.69, 9.17) is 5.26 Å². The molecule has 1 atom stereocenters. The van der Waals surface area contributed by atoms with Crippen molar-refractivity contribution in [2.75, 3.05) is 26.2 Å². The molecule has 0 saturated carbocycles. The lowest BCUT2D eigenvalue weighted by Crippen LogP contribution is -2.47. The Hall–Kier alpha value is -1.24. The van der Waals surface area contributed by atoms with Gasteiger partial charge in [0.2, 0.25) is 0 Å². The zero-order valence-electron chi connectivity index (χ0n) is 10.3. The molecule has 0 aromatic carbocycles. The Morgan fingerprint density at radius 2 is 2.38 bits per heavy atom. The molecular weight excluding hydrogens is 202 g/mol. The average molecular weight is 223 g/mol. The van der Waals surface area contributed by atoms with E-state index < -0.39 is 0 Å². The molecule has 0 N–H and O–H groups in total. The van der Waals surface area contributed by atoms with Crippen molar-refractivity contribution < 1.29 is 4.79 Å². The zero-order chi connectivity index (χ0) is 12.0. The molecule has 0 aromatic heterocycles. The van der Waals surface area contributed by atoms with Crippen LogP contribution in [0.3, 0.4) is 0 Å². The highest BCUT2D eigenvalue weighted by molar-refractivity contribution is 5.74. The molecule has 1 unspecified atom stereocenters. The highest BCUT2D eigenvalue weighted by atomic mass is 16.2. The number of piperidine rings is 1. The predicted molar refractivity (Wildman–Crippen MR) is 62.8 cm³/mol. The summed E-state index contributed by atoms with van der Waals surface area (Å²) in [6, 6.07) is 2.19. The maximum atomic E-state index is 12.1. The van der Waals surface area contributed by atoms with Gasteiger partial charge in [0.05, 0.1) is 12.5 Å². The van der Waals surface area contributed by atoms with Gasteiger partial charge in [-0.3, -0.25) is 0 Å². The molecule has 0 bridgehead atoms. The van der Waals surface area contributed by atoms with E-state index >= 15 is 0 Å². The number of hydrogen-bond donors (Lipinski definition) is 0. The molecule has 0 aliphatic carbocycles. The van der Waals surface area contributed by atoms with Crippen molar-refractivity contribution in [2.24, 2.45) is 5.92 Å². The van der Waals surface area contributed by atoms with Gasteiger partial charge in [0, 0.05) is 26.2 Å². The normalized spacial score (nSPS) is 20.3. The van der Waals surface area contributed by atoms with Gasteiger partial charge in [-0.25, -0.2) is 4.79 Å². The van der Waals surface area contributed by atoms with Crippen LogP contribution in [0, 0.1) is 17.2 Å². The number of carbonyl (C=O) groups is 1. The van der Waals surface area contributed by atoms with Crippen LogP contribution in [0.1, 0.15) is 33.1 Å². The SMILES string of the molecule is CCN(CCC#N)C(=O)N1CCCC(C)C1. The summed E-state index contributed by atoms with van der Waals surface area (Å²) < 4.78 is 0. The van der Waals surface area contributed by atoms with Gasteiger partial charge in [0.25, 0.3) is 0 Å². The monoisotopic (exact) mass is 223 g/mol. The lowest BCUT2D eigenvalue weighted by atomic mass is 10.0. The van der Waals surface area contributed by atoms with Crippen molar-refractivity contribution in [1.29, 1.82) is 5.26 Å². The van der Waals surface area contributed by atoms with E-state index in [1.807, 2.05) is 11.8 Å². The minimum atomic E-state index is 0.101. The predicted octanol–water partition coefficient (Wildman–Crippen LogP) is 2.07. The number of likely N-dealkylation sites (tertiary alicyclic amines) is 1. The summed E-state index contributed by atoms with van der Waals surface area (Å²) >= 11 is 0. The molecule has 2 amide bonds. The fraction of sp³-hybridized carbons (Fsp3) is 0.833. The van der Waals surface area contributed by atoms with E-state index in [1.165, 1.54) is 6.42 Å². The van der Waals surface area contributed by atoms with E-state index in [0.29, 0.717) is 25.4 Å². The van der Waals surface area contributed by atoms with E-state index in [-0.39, 0.29) is 6.03 Å². The Kier molecular flexibility index (Phi) is 5.10. The fourth-order valence-electron chi connectivity index (χ4n) is 2.14. The number of nitrogens with zero attached hydrogens (tertiary/aromatic N) is 3. The van der Waals surface area contributed by atoms with Gasteiger partial charge >= 0.3 is 6.03 Å². The van der Waals surface area contributed by atoms with Crippen molar-refractivity contribution in [3.63, 3.8) is 0 Å². The van der Waals surface area contributed by atoms with Crippen molar-refractivity contribution in [1.82, 2.24) is 9.80 Å². The molecule has 1 saturated heterocycles. The number of hydrogen-bond acceptors (Lipinski definition) is 2. The number of nitriles is 1. The summed E-state index contributed by atoms with van der Waals surface area (Å²) in [7, 11) is 0. The van der Waals surface area contributed by atoms with E-state index in [1.54, 1.807) is 4.90 Å². The molecule has 1 heterocycles. The molecule has 4 heteroatoms. The molecule has 1 rings (SSSR count). The largest absolute Gasteiger partial charge is 0.324 e. The summed E-state index contributed by atoms with van der Waals surface area (Å²) in [5.74, 6) is 0.604. The van der Waals surface area contributed by atoms with Crippen molar-refractivity contribution in [3.05, 3.63) is 0 Å². The van der Waals surface area contributed by atoms with E-state index in [9.17, 15) is 4.79 Å². The van der Waals surface area contributed by atoms with Crippen LogP contribution in [0.4, 0.5) is 4.79 Å². The van der Waals surface area contributed by atoms with Crippen LogP contribution in [-0.4, -0.2) is 42.0 Å². The van der Waals surface area contributed by atoms with Gasteiger partial charge in [-0.2, -0.15) is 5.26 Å². The van der Waals surface area contributed by atoms with E-state index in [2.05, 4.69) is 13.0 Å². The highest BCUT2D eigenvalue weighted by Crippen LogP contribution is 2.16. The summed E-state index contributed by atoms with van der Waals surface area (Å²) in [5, 5.41) is 8.54. The van der Waals surface area contributed by atoms with Crippen LogP contribution in [0.5, 0.6) is 0 Å². The maximum Gasteiger partial charge on any atom is 0.320 e. The van der Waals surface area contributed by atoms with Gasteiger partial charge in [0.1, 0.15) is 0 Å². The first-order valence-electron chi connectivity index (χ1n) is 6.09. The fourth-order valence-corrected chi connectivity index (χ4v) is 2.14. The topological polar surface area (TPSA) is 47.3 Å². The highest BCUT2D eigenvalue weighted by Gasteiger charge is 2.24. The Balaban J connectivity index is 2.50. The van der Waals surface area contributed by atoms with Gasteiger partial charge in [-0.05, 0) is 25.7 Å². The minimum Gasteiger partial charge on any atom is -0.324 e. The van der Waals surface area contributed by atoms with Crippen molar-refractivity contribution in [2.45, 2.75) is 33.1 Å². The second-order valence-electron chi connectivity index (χ2n) is 4.46. The second kappa shape index (κ2) is 6.37. The third-order valence-corrected chi connectivity index (χ3v) is 3.07. The average Bonchev–Trinajstić information content (AvgIpc) is 2.29. The third kappa shape index (κ3) is 3.41. The minimum absolute atomic E-state index is 0.101. The molecule has 0 spiro atoms. The standard InChI is InChI=1S/C12H21N3O/c1-3-14(9-5-7-13)12(16)15-8-4-6-11(2)10-15/h11H,3-6,8-10H2,1-2H3. The summed E-state index contributed by atoms with van der Waals surface area (Å²) in [6.07, 6.45) is 2.74. The molecule has 1 fully saturated rings. The second-order valence-corrected chi connectivity index (χ2v) is 4.46. The first kappa shape index (κ1) is 12.8. The first-order chi connectivity index (χ1) is 7.69. The van der Waals surface area contributed by atoms with Crippen LogP contribution in [0.15, 0.2) is 0 Å². The molecule has 0 aromatic rings. The van der Waals surface area contributed by atoms with Crippen LogP contribution in [0.25, 0.3) is 0 Å².